The zero-order chi connectivity index (χ0) is 16.4. The molecular formula is C17H32BrN3. The molecule has 4 heteroatoms. The molecule has 1 heterocycles. The second-order valence-corrected chi connectivity index (χ2v) is 8.54. The summed E-state index contributed by atoms with van der Waals surface area (Å²) in [6.45, 7) is 19.8. The molecule has 0 amide bonds. The zero-order valence-electron chi connectivity index (χ0n) is 15.0. The summed E-state index contributed by atoms with van der Waals surface area (Å²) in [5.41, 5.74) is 2.76. The summed E-state index contributed by atoms with van der Waals surface area (Å²) in [7, 11) is 0. The van der Waals surface area contributed by atoms with Gasteiger partial charge in [0.05, 0.1) is 15.9 Å². The third kappa shape index (κ3) is 4.82. The van der Waals surface area contributed by atoms with Gasteiger partial charge in [-0.1, -0.05) is 20.8 Å². The maximum atomic E-state index is 4.63. The first-order valence-electron chi connectivity index (χ1n) is 7.97. The van der Waals surface area contributed by atoms with Gasteiger partial charge in [-0.05, 0) is 68.3 Å². The third-order valence-electron chi connectivity index (χ3n) is 4.44. The molecule has 0 aromatic carbocycles. The molecule has 0 aliphatic heterocycles. The highest BCUT2D eigenvalue weighted by Crippen LogP contribution is 2.34. The molecule has 0 radical (unpaired) electrons. The van der Waals surface area contributed by atoms with E-state index in [2.05, 4.69) is 86.4 Å². The van der Waals surface area contributed by atoms with Crippen molar-refractivity contribution in [1.82, 2.24) is 15.1 Å². The second kappa shape index (κ2) is 6.82. The number of aromatic nitrogens is 2. The molecule has 1 N–H and O–H groups in total. The summed E-state index contributed by atoms with van der Waals surface area (Å²) in [5.74, 6) is 0.597. The van der Waals surface area contributed by atoms with E-state index in [9.17, 15) is 0 Å². The van der Waals surface area contributed by atoms with E-state index in [-0.39, 0.29) is 11.0 Å². The van der Waals surface area contributed by atoms with Crippen LogP contribution in [-0.2, 0) is 13.0 Å². The van der Waals surface area contributed by atoms with E-state index in [0.717, 1.165) is 25.2 Å². The van der Waals surface area contributed by atoms with Crippen LogP contribution >= 0.6 is 15.9 Å². The number of nitrogens with one attached hydrogen (secondary N) is 1. The molecule has 0 saturated heterocycles. The van der Waals surface area contributed by atoms with Crippen LogP contribution in [0.5, 0.6) is 0 Å². The smallest absolute Gasteiger partial charge is 0.0738 e. The Balaban J connectivity index is 3.03. The van der Waals surface area contributed by atoms with E-state index in [1.54, 1.807) is 0 Å². The average molecular weight is 358 g/mol. The van der Waals surface area contributed by atoms with Crippen molar-refractivity contribution in [2.75, 3.05) is 6.54 Å². The van der Waals surface area contributed by atoms with Crippen LogP contribution in [0.15, 0.2) is 4.47 Å². The molecular weight excluding hydrogens is 326 g/mol. The highest BCUT2D eigenvalue weighted by molar-refractivity contribution is 9.10. The first-order valence-corrected chi connectivity index (χ1v) is 8.76. The quantitative estimate of drug-likeness (QED) is 0.807. The Hall–Kier alpha value is -0.350. The van der Waals surface area contributed by atoms with Crippen molar-refractivity contribution in [3.8, 4) is 0 Å². The van der Waals surface area contributed by atoms with Gasteiger partial charge >= 0.3 is 0 Å². The van der Waals surface area contributed by atoms with Crippen LogP contribution in [0.25, 0.3) is 0 Å². The van der Waals surface area contributed by atoms with Gasteiger partial charge in [-0.2, -0.15) is 5.10 Å². The van der Waals surface area contributed by atoms with E-state index < -0.39 is 0 Å². The summed E-state index contributed by atoms with van der Waals surface area (Å²) in [6.07, 6.45) is 1.03. The van der Waals surface area contributed by atoms with E-state index in [0.29, 0.717) is 5.92 Å². The van der Waals surface area contributed by atoms with Crippen molar-refractivity contribution in [3.05, 3.63) is 15.9 Å². The van der Waals surface area contributed by atoms with Crippen molar-refractivity contribution in [2.45, 2.75) is 73.9 Å². The van der Waals surface area contributed by atoms with Crippen LogP contribution in [0.4, 0.5) is 0 Å². The van der Waals surface area contributed by atoms with Crippen molar-refractivity contribution in [3.63, 3.8) is 0 Å². The molecule has 0 spiro atoms. The monoisotopic (exact) mass is 357 g/mol. The Morgan fingerprint density at radius 3 is 2.24 bits per heavy atom. The van der Waals surface area contributed by atoms with Crippen LogP contribution in [0.1, 0.15) is 59.9 Å². The van der Waals surface area contributed by atoms with Crippen molar-refractivity contribution >= 4 is 15.9 Å². The fourth-order valence-electron chi connectivity index (χ4n) is 2.36. The van der Waals surface area contributed by atoms with Crippen LogP contribution in [0, 0.1) is 18.3 Å². The Kier molecular flexibility index (Phi) is 6.08. The molecule has 1 unspecified atom stereocenters. The van der Waals surface area contributed by atoms with Gasteiger partial charge in [-0.15, -0.1) is 0 Å². The summed E-state index contributed by atoms with van der Waals surface area (Å²) < 4.78 is 3.31. The highest BCUT2D eigenvalue weighted by atomic mass is 79.9. The zero-order valence-corrected chi connectivity index (χ0v) is 16.6. The second-order valence-electron chi connectivity index (χ2n) is 7.75. The van der Waals surface area contributed by atoms with Crippen LogP contribution in [0.3, 0.4) is 0 Å². The summed E-state index contributed by atoms with van der Waals surface area (Å²) >= 11 is 3.73. The maximum absolute atomic E-state index is 4.63. The lowest BCUT2D eigenvalue weighted by Gasteiger charge is -2.37. The Bertz CT molecular complexity index is 471. The lowest BCUT2D eigenvalue weighted by atomic mass is 9.75. The molecule has 3 nitrogen and oxygen atoms in total. The summed E-state index contributed by atoms with van der Waals surface area (Å²) in [5, 5.41) is 8.31. The average Bonchev–Trinajstić information content (AvgIpc) is 2.63. The number of halogens is 1. The maximum Gasteiger partial charge on any atom is 0.0738 e. The number of rotatable bonds is 6. The largest absolute Gasteiger partial charge is 0.312 e. The van der Waals surface area contributed by atoms with Gasteiger partial charge in [0.25, 0.3) is 0 Å². The first kappa shape index (κ1) is 18.7. The first-order chi connectivity index (χ1) is 9.50. The minimum atomic E-state index is 0.147. The van der Waals surface area contributed by atoms with Gasteiger partial charge in [-0.3, -0.25) is 4.68 Å². The van der Waals surface area contributed by atoms with Crippen molar-refractivity contribution < 1.29 is 0 Å². The van der Waals surface area contributed by atoms with Gasteiger partial charge in [0, 0.05) is 18.6 Å². The Morgan fingerprint density at radius 2 is 1.81 bits per heavy atom. The fraction of sp³-hybridized carbons (Fsp3) is 0.824. The van der Waals surface area contributed by atoms with Crippen molar-refractivity contribution in [2.24, 2.45) is 11.3 Å². The van der Waals surface area contributed by atoms with Gasteiger partial charge in [-0.25, -0.2) is 0 Å². The van der Waals surface area contributed by atoms with E-state index in [1.165, 1.54) is 10.2 Å². The van der Waals surface area contributed by atoms with Gasteiger partial charge in [0.1, 0.15) is 0 Å². The van der Waals surface area contributed by atoms with Gasteiger partial charge in [0.2, 0.25) is 0 Å². The molecule has 1 aromatic heterocycles. The van der Waals surface area contributed by atoms with Gasteiger partial charge < -0.3 is 5.32 Å². The molecule has 0 bridgehead atoms. The van der Waals surface area contributed by atoms with E-state index >= 15 is 0 Å². The van der Waals surface area contributed by atoms with Crippen molar-refractivity contribution in [1.29, 1.82) is 0 Å². The van der Waals surface area contributed by atoms with Crippen LogP contribution < -0.4 is 5.32 Å². The molecule has 0 aliphatic carbocycles. The molecule has 1 rings (SSSR count). The van der Waals surface area contributed by atoms with E-state index in [1.807, 2.05) is 0 Å². The number of aryl methyl sites for hydroxylation is 2. The third-order valence-corrected chi connectivity index (χ3v) is 5.47. The summed E-state index contributed by atoms with van der Waals surface area (Å²) in [6, 6.07) is 0. The fourth-order valence-corrected chi connectivity index (χ4v) is 2.78. The Morgan fingerprint density at radius 1 is 1.24 bits per heavy atom. The number of hydrogen-bond acceptors (Lipinski definition) is 2. The standard InChI is InChI=1S/C17H32BrN3/c1-9-21-14(15(18)13(4)20-21)10-17(8,12(2)3)11-19-16(5,6)7/h12,19H,9-11H2,1-8H3. The highest BCUT2D eigenvalue weighted by Gasteiger charge is 2.32. The molecule has 122 valence electrons. The minimum absolute atomic E-state index is 0.147. The topological polar surface area (TPSA) is 29.9 Å². The van der Waals surface area contributed by atoms with Gasteiger partial charge in [0.15, 0.2) is 0 Å². The molecule has 1 atom stereocenters. The molecule has 0 aliphatic rings. The SMILES string of the molecule is CCn1nc(C)c(Br)c1CC(C)(CNC(C)(C)C)C(C)C. The number of nitrogens with zero attached hydrogens (tertiary/aromatic N) is 2. The molecule has 21 heavy (non-hydrogen) atoms. The van der Waals surface area contributed by atoms with Crippen LogP contribution in [-0.4, -0.2) is 21.9 Å². The minimum Gasteiger partial charge on any atom is -0.312 e. The molecule has 0 saturated carbocycles. The summed E-state index contributed by atoms with van der Waals surface area (Å²) in [4.78, 5) is 0. The number of hydrogen-bond donors (Lipinski definition) is 1. The lowest BCUT2D eigenvalue weighted by molar-refractivity contribution is 0.183. The predicted molar refractivity (Wildman–Crippen MR) is 94.7 cm³/mol. The molecule has 1 aromatic rings. The van der Waals surface area contributed by atoms with Crippen LogP contribution in [0.2, 0.25) is 0 Å². The Labute approximate surface area is 139 Å². The van der Waals surface area contributed by atoms with E-state index in [4.69, 9.17) is 0 Å². The normalized spacial score (nSPS) is 15.5. The lowest BCUT2D eigenvalue weighted by Crippen LogP contribution is -2.46. The molecule has 0 fully saturated rings. The predicted octanol–water partition coefficient (Wildman–Crippen LogP) is 4.57.